The first-order chi connectivity index (χ1) is 66.7. The third-order valence-electron chi connectivity index (χ3n) is 26.0. The number of aromatic amines is 4. The van der Waals surface area contributed by atoms with Gasteiger partial charge in [0.1, 0.15) is 0 Å². The Bertz CT molecular complexity index is 7770. The second kappa shape index (κ2) is 36.7. The smallest absolute Gasteiger partial charge is 0.0737 e. The first kappa shape index (κ1) is 84.1. The van der Waals surface area contributed by atoms with Crippen molar-refractivity contribution in [1.29, 1.82) is 0 Å². The van der Waals surface area contributed by atoms with Crippen LogP contribution in [-0.4, -0.2) is 39.9 Å². The average Bonchev–Trinajstić information content (AvgIpc) is 1.62. The number of aryl methyl sites for hydroxylation is 6. The van der Waals surface area contributed by atoms with E-state index in [1.807, 2.05) is 0 Å². The van der Waals surface area contributed by atoms with E-state index in [4.69, 9.17) is 19.9 Å². The van der Waals surface area contributed by atoms with Gasteiger partial charge in [0.25, 0.3) is 0 Å². The molecule has 648 valence electrons. The van der Waals surface area contributed by atoms with Crippen LogP contribution in [0.2, 0.25) is 0 Å². The summed E-state index contributed by atoms with van der Waals surface area (Å²) < 4.78 is 0. The standard InChI is InChI=1S/C128H96N8/c1-81-7-49-97(50-8-81)121-105-65-69-109(129-105)123(99-53-11-83(3)12-54-99)113-73-77-117(133-113)127(118-78-74-114(134-118)124(110-70-66-106(121)130-110)100-55-13-84(4)14-56-100)103-61-45-95(46-62-103)43-41-93-37-33-91(34-38-93)31-29-89-25-21-87(22-26-89)19-20-88-23-27-90(28-24-88)30-32-92-35-39-94(40-36-92)42-44-96-47-63-104(64-48-96)128-119-79-75-115(135-119)125(101-57-15-85(5)16-58-101)111-71-67-107(131-111)122(98-51-9-82(2)10-52-98)108-68-72-112(132-108)126(116-76-80-120(128)136-116)102-59-17-86(6)18-60-102/h7-80,129,131,134,136H,1-6H3/b20-19+,31-29+,32-30+,43-41+,44-42+,121-105?,121-106?,122-107?,122-108?,123-109?,123-113?,124-110?,124-114?,125-111?,125-115?,126-112?,126-116?,127-117?,127-118?,128-119?,128-120?. The zero-order valence-electron chi connectivity index (χ0n) is 76.5. The number of benzene rings is 12. The number of hydrogen-bond acceptors (Lipinski definition) is 4. The Balaban J connectivity index is 0.462. The Morgan fingerprint density at radius 1 is 0.132 bits per heavy atom. The minimum absolute atomic E-state index is 0.869. The minimum Gasteiger partial charge on any atom is -0.354 e. The largest absolute Gasteiger partial charge is 0.354 e. The minimum atomic E-state index is 0.869. The molecule has 22 rings (SSSR count). The molecular formula is C128H96N8. The highest BCUT2D eigenvalue weighted by Crippen LogP contribution is 2.44. The lowest BCUT2D eigenvalue weighted by Gasteiger charge is -2.08. The Hall–Kier alpha value is -17.5. The molecule has 10 heterocycles. The number of rotatable bonds is 18. The van der Waals surface area contributed by atoms with E-state index in [0.29, 0.717) is 0 Å². The SMILES string of the molecule is Cc1ccc(-c2c3nc(c(-c4ccc(C)cc4)c4ccc([nH]4)c(-c4ccc(/C=C/c5ccc(/C=C/c6ccc(/C=C/c7ccc(/C=C/c8ccc(/C=C/c9ccc(-c%10c%11nc(c(-c%12ccc(C)cc%12)c%12ccc([nH]%12)c(-c%12ccc(C)cc%12)c%12nc(c(-c%13ccc(C)cc%13)c%13ccc%10[nH]%13)C=C%12)C=C%11)cc9)cc8)cc7)cc6)cc5)cc4)c4nc(c(-c5ccc(C)cc5)c5ccc2[nH]5)C=C4)C=C3)cc1. The van der Waals surface area contributed by atoms with Gasteiger partial charge in [0.05, 0.1) is 45.6 Å². The number of fused-ring (bicyclic) bond motifs is 16. The fraction of sp³-hybridized carbons (Fsp3) is 0.0469. The van der Waals surface area contributed by atoms with Gasteiger partial charge < -0.3 is 19.9 Å². The number of H-pyrrole nitrogens is 4. The zero-order valence-corrected chi connectivity index (χ0v) is 76.5. The van der Waals surface area contributed by atoms with Crippen LogP contribution in [0.1, 0.15) is 135 Å². The molecule has 4 N–H and O–H groups in total. The summed E-state index contributed by atoms with van der Waals surface area (Å²) in [6, 6.07) is 122. The zero-order chi connectivity index (χ0) is 91.7. The molecule has 0 saturated heterocycles. The molecule has 0 fully saturated rings. The predicted molar refractivity (Wildman–Crippen MR) is 580 cm³/mol. The Morgan fingerprint density at radius 2 is 0.235 bits per heavy atom. The Morgan fingerprint density at radius 3 is 0.353 bits per heavy atom. The molecule has 6 aromatic heterocycles. The molecule has 16 bridgehead atoms. The monoisotopic (exact) mass is 1740 g/mol. The number of hydrogen-bond donors (Lipinski definition) is 4. The van der Waals surface area contributed by atoms with Gasteiger partial charge in [0, 0.05) is 88.6 Å². The van der Waals surface area contributed by atoms with Crippen molar-refractivity contribution in [3.63, 3.8) is 0 Å². The molecule has 136 heavy (non-hydrogen) atoms. The van der Waals surface area contributed by atoms with E-state index >= 15 is 0 Å². The molecule has 0 atom stereocenters. The van der Waals surface area contributed by atoms with Crippen molar-refractivity contribution < 1.29 is 0 Å². The first-order valence-corrected chi connectivity index (χ1v) is 46.5. The second-order valence-corrected chi connectivity index (χ2v) is 35.8. The van der Waals surface area contributed by atoms with Gasteiger partial charge in [-0.2, -0.15) is 0 Å². The molecule has 4 aliphatic rings. The van der Waals surface area contributed by atoms with Crippen molar-refractivity contribution in [3.8, 4) is 89.0 Å². The van der Waals surface area contributed by atoms with E-state index in [-0.39, 0.29) is 0 Å². The van der Waals surface area contributed by atoms with Crippen LogP contribution in [-0.2, 0) is 0 Å². The van der Waals surface area contributed by atoms with Gasteiger partial charge in [-0.1, -0.05) is 385 Å². The van der Waals surface area contributed by atoms with Crippen LogP contribution >= 0.6 is 0 Å². The summed E-state index contributed by atoms with van der Waals surface area (Å²) in [6.07, 6.45) is 39.1. The Kier molecular flexibility index (Phi) is 22.7. The molecule has 0 radical (unpaired) electrons. The van der Waals surface area contributed by atoms with Crippen molar-refractivity contribution in [2.45, 2.75) is 41.5 Å². The summed E-state index contributed by atoms with van der Waals surface area (Å²) in [7, 11) is 0. The summed E-state index contributed by atoms with van der Waals surface area (Å²) in [5, 5.41) is 0. The van der Waals surface area contributed by atoms with Crippen LogP contribution < -0.4 is 0 Å². The molecule has 8 nitrogen and oxygen atoms in total. The first-order valence-electron chi connectivity index (χ1n) is 46.5. The van der Waals surface area contributed by atoms with Crippen molar-refractivity contribution in [1.82, 2.24) is 39.9 Å². The average molecular weight is 1750 g/mol. The fourth-order valence-electron chi connectivity index (χ4n) is 18.5. The molecule has 0 aliphatic carbocycles. The summed E-state index contributed by atoms with van der Waals surface area (Å²) in [5.41, 5.74) is 49.9. The summed E-state index contributed by atoms with van der Waals surface area (Å²) in [6.45, 7) is 12.8. The molecule has 0 saturated carbocycles. The third-order valence-corrected chi connectivity index (χ3v) is 26.0. The van der Waals surface area contributed by atoms with Gasteiger partial charge in [0.15, 0.2) is 0 Å². The van der Waals surface area contributed by atoms with Crippen molar-refractivity contribution in [2.24, 2.45) is 0 Å². The maximum atomic E-state index is 5.57. The molecule has 0 spiro atoms. The second-order valence-electron chi connectivity index (χ2n) is 35.8. The quantitative estimate of drug-likeness (QED) is 0.0641. The number of aromatic nitrogens is 8. The van der Waals surface area contributed by atoms with Crippen LogP contribution in [0.25, 0.3) is 243 Å². The summed E-state index contributed by atoms with van der Waals surface area (Å²) >= 11 is 0. The van der Waals surface area contributed by atoms with E-state index in [0.717, 1.165) is 234 Å². The lowest BCUT2D eigenvalue weighted by Crippen LogP contribution is -1.90. The molecule has 4 aliphatic heterocycles. The van der Waals surface area contributed by atoms with Gasteiger partial charge >= 0.3 is 0 Å². The highest BCUT2D eigenvalue weighted by atomic mass is 14.8. The molecule has 8 heteroatoms. The van der Waals surface area contributed by atoms with Crippen molar-refractivity contribution in [3.05, 3.63) is 474 Å². The highest BCUT2D eigenvalue weighted by Gasteiger charge is 2.24. The fourth-order valence-corrected chi connectivity index (χ4v) is 18.5. The maximum Gasteiger partial charge on any atom is 0.0737 e. The van der Waals surface area contributed by atoms with Crippen LogP contribution in [0.4, 0.5) is 0 Å². The van der Waals surface area contributed by atoms with E-state index in [1.165, 1.54) is 33.4 Å². The topological polar surface area (TPSA) is 115 Å². The van der Waals surface area contributed by atoms with Gasteiger partial charge in [-0.05, 0) is 239 Å². The molecule has 12 aromatic carbocycles. The lowest BCUT2D eigenvalue weighted by atomic mass is 10.0. The van der Waals surface area contributed by atoms with Gasteiger partial charge in [-0.25, -0.2) is 19.9 Å². The van der Waals surface area contributed by atoms with Crippen LogP contribution in [0.3, 0.4) is 0 Å². The van der Waals surface area contributed by atoms with E-state index in [9.17, 15) is 0 Å². The molecule has 0 unspecified atom stereocenters. The van der Waals surface area contributed by atoms with Gasteiger partial charge in [0.2, 0.25) is 0 Å². The van der Waals surface area contributed by atoms with E-state index in [2.05, 4.69) is 511 Å². The molecular weight excluding hydrogens is 1650 g/mol. The molecule has 0 amide bonds. The van der Waals surface area contributed by atoms with Crippen LogP contribution in [0.5, 0.6) is 0 Å². The van der Waals surface area contributed by atoms with Gasteiger partial charge in [-0.3, -0.25) is 0 Å². The lowest BCUT2D eigenvalue weighted by molar-refractivity contribution is 1.31. The van der Waals surface area contributed by atoms with Gasteiger partial charge in [-0.15, -0.1) is 0 Å². The number of nitrogens with zero attached hydrogens (tertiary/aromatic N) is 4. The maximum absolute atomic E-state index is 5.57. The van der Waals surface area contributed by atoms with Crippen molar-refractivity contribution >= 4 is 154 Å². The van der Waals surface area contributed by atoms with Crippen LogP contribution in [0.15, 0.2) is 340 Å². The highest BCUT2D eigenvalue weighted by molar-refractivity contribution is 6.04. The summed E-state index contributed by atoms with van der Waals surface area (Å²) in [4.78, 5) is 37.8. The van der Waals surface area contributed by atoms with Crippen LogP contribution in [0, 0.1) is 41.5 Å². The van der Waals surface area contributed by atoms with E-state index in [1.54, 1.807) is 0 Å². The summed E-state index contributed by atoms with van der Waals surface area (Å²) in [5.74, 6) is 0. The number of nitrogens with one attached hydrogen (secondary N) is 4. The Labute approximate surface area is 792 Å². The third kappa shape index (κ3) is 17.8. The van der Waals surface area contributed by atoms with E-state index < -0.39 is 0 Å². The predicted octanol–water partition coefficient (Wildman–Crippen LogP) is 33.7. The normalized spacial score (nSPS) is 12.4. The molecule has 18 aromatic rings. The van der Waals surface area contributed by atoms with Crippen molar-refractivity contribution in [2.75, 3.05) is 0 Å².